The number of para-hydroxylation sites is 1. The first-order chi connectivity index (χ1) is 12.4. The van der Waals surface area contributed by atoms with Crippen LogP contribution < -0.4 is 9.62 Å². The molecule has 26 heavy (non-hydrogen) atoms. The van der Waals surface area contributed by atoms with Crippen molar-refractivity contribution in [2.24, 2.45) is 0 Å². The van der Waals surface area contributed by atoms with E-state index < -0.39 is 10.0 Å². The van der Waals surface area contributed by atoms with Crippen LogP contribution in [0.25, 0.3) is 0 Å². The number of aryl methyl sites for hydroxylation is 1. The molecule has 0 unspecified atom stereocenters. The van der Waals surface area contributed by atoms with Crippen LogP contribution in [-0.4, -0.2) is 71.4 Å². The zero-order valence-corrected chi connectivity index (χ0v) is 16.4. The predicted octanol–water partition coefficient (Wildman–Crippen LogP) is 0.854. The fraction of sp³-hybridized carbons (Fsp3) is 0.611. The molecule has 1 amide bonds. The maximum absolute atomic E-state index is 12.2. The fourth-order valence-electron chi connectivity index (χ4n) is 2.99. The number of morpholine rings is 1. The van der Waals surface area contributed by atoms with Crippen molar-refractivity contribution in [1.82, 2.24) is 10.2 Å². The Balaban J connectivity index is 1.87. The molecule has 0 radical (unpaired) electrons. The SMILES string of the molecule is CCc1ccccc1N(CCC(=O)NCCN1CCOCC1)S(C)(=O)=O. The van der Waals surface area contributed by atoms with E-state index in [0.29, 0.717) is 12.2 Å². The first-order valence-electron chi connectivity index (χ1n) is 9.04. The standard InChI is InChI=1S/C18H29N3O4S/c1-3-16-6-4-5-7-17(16)21(26(2,23)24)10-8-18(22)19-9-11-20-12-14-25-15-13-20/h4-7H,3,8-15H2,1-2H3,(H,19,22). The second-order valence-corrected chi connectivity index (χ2v) is 8.28. The van der Waals surface area contributed by atoms with E-state index in [4.69, 9.17) is 4.74 Å². The van der Waals surface area contributed by atoms with Crippen LogP contribution in [0, 0.1) is 0 Å². The molecule has 1 aromatic carbocycles. The van der Waals surface area contributed by atoms with Gasteiger partial charge in [-0.3, -0.25) is 14.0 Å². The second-order valence-electron chi connectivity index (χ2n) is 6.37. The van der Waals surface area contributed by atoms with Crippen LogP contribution in [0.4, 0.5) is 5.69 Å². The average Bonchev–Trinajstić information content (AvgIpc) is 2.62. The van der Waals surface area contributed by atoms with Crippen molar-refractivity contribution < 1.29 is 17.9 Å². The molecular weight excluding hydrogens is 354 g/mol. The minimum Gasteiger partial charge on any atom is -0.379 e. The van der Waals surface area contributed by atoms with Crippen molar-refractivity contribution in [3.05, 3.63) is 29.8 Å². The van der Waals surface area contributed by atoms with Gasteiger partial charge in [-0.2, -0.15) is 0 Å². The Kier molecular flexibility index (Phi) is 7.86. The minimum absolute atomic E-state index is 0.133. The van der Waals surface area contributed by atoms with Gasteiger partial charge in [0.15, 0.2) is 0 Å². The molecule has 1 N–H and O–H groups in total. The number of hydrogen-bond donors (Lipinski definition) is 1. The molecule has 1 saturated heterocycles. The lowest BCUT2D eigenvalue weighted by molar-refractivity contribution is -0.120. The summed E-state index contributed by atoms with van der Waals surface area (Å²) in [5.41, 5.74) is 1.60. The molecule has 0 aromatic heterocycles. The molecule has 0 bridgehead atoms. The van der Waals surface area contributed by atoms with E-state index in [-0.39, 0.29) is 18.9 Å². The van der Waals surface area contributed by atoms with Crippen LogP contribution in [0.5, 0.6) is 0 Å². The monoisotopic (exact) mass is 383 g/mol. The summed E-state index contributed by atoms with van der Waals surface area (Å²) in [6.45, 7) is 6.68. The highest BCUT2D eigenvalue weighted by Gasteiger charge is 2.20. The topological polar surface area (TPSA) is 79.0 Å². The molecule has 0 saturated carbocycles. The number of amides is 1. The first kappa shape index (κ1) is 20.7. The molecule has 7 nitrogen and oxygen atoms in total. The summed E-state index contributed by atoms with van der Waals surface area (Å²) in [6.07, 6.45) is 2.04. The van der Waals surface area contributed by atoms with Gasteiger partial charge in [-0.05, 0) is 18.1 Å². The molecule has 0 aliphatic carbocycles. The molecule has 1 aliphatic rings. The average molecular weight is 384 g/mol. The molecule has 1 heterocycles. The first-order valence-corrected chi connectivity index (χ1v) is 10.9. The van der Waals surface area contributed by atoms with E-state index in [1.807, 2.05) is 25.1 Å². The Morgan fingerprint density at radius 2 is 1.96 bits per heavy atom. The zero-order valence-electron chi connectivity index (χ0n) is 15.6. The highest BCUT2D eigenvalue weighted by molar-refractivity contribution is 7.92. The Labute approximate surface area is 156 Å². The number of anilines is 1. The summed E-state index contributed by atoms with van der Waals surface area (Å²) in [4.78, 5) is 14.4. The van der Waals surface area contributed by atoms with Gasteiger partial charge in [0, 0.05) is 39.1 Å². The second kappa shape index (κ2) is 9.89. The van der Waals surface area contributed by atoms with E-state index in [9.17, 15) is 13.2 Å². The normalized spacial score (nSPS) is 15.6. The van der Waals surface area contributed by atoms with E-state index in [1.165, 1.54) is 10.6 Å². The number of rotatable bonds is 9. The fourth-order valence-corrected chi connectivity index (χ4v) is 3.95. The van der Waals surface area contributed by atoms with Gasteiger partial charge in [0.2, 0.25) is 15.9 Å². The summed E-state index contributed by atoms with van der Waals surface area (Å²) in [6, 6.07) is 7.41. The summed E-state index contributed by atoms with van der Waals surface area (Å²) >= 11 is 0. The van der Waals surface area contributed by atoms with Crippen molar-refractivity contribution in [1.29, 1.82) is 0 Å². The predicted molar refractivity (Wildman–Crippen MR) is 103 cm³/mol. The number of benzene rings is 1. The highest BCUT2D eigenvalue weighted by Crippen LogP contribution is 2.23. The number of ether oxygens (including phenoxy) is 1. The summed E-state index contributed by atoms with van der Waals surface area (Å²) in [5.74, 6) is -0.138. The van der Waals surface area contributed by atoms with Gasteiger partial charge in [0.25, 0.3) is 0 Å². The van der Waals surface area contributed by atoms with Crippen molar-refractivity contribution >= 4 is 21.6 Å². The van der Waals surface area contributed by atoms with Gasteiger partial charge >= 0.3 is 0 Å². The third kappa shape index (κ3) is 6.26. The van der Waals surface area contributed by atoms with E-state index in [0.717, 1.165) is 44.8 Å². The molecule has 8 heteroatoms. The Hall–Kier alpha value is -1.64. The maximum atomic E-state index is 12.2. The van der Waals surface area contributed by atoms with Crippen LogP contribution in [-0.2, 0) is 26.0 Å². The zero-order chi connectivity index (χ0) is 19.0. The lowest BCUT2D eigenvalue weighted by Gasteiger charge is -2.26. The van der Waals surface area contributed by atoms with Crippen LogP contribution >= 0.6 is 0 Å². The minimum atomic E-state index is -3.45. The molecule has 1 aromatic rings. The maximum Gasteiger partial charge on any atom is 0.232 e. The van der Waals surface area contributed by atoms with Crippen LogP contribution in [0.1, 0.15) is 18.9 Å². The van der Waals surface area contributed by atoms with Crippen LogP contribution in [0.2, 0.25) is 0 Å². The van der Waals surface area contributed by atoms with Gasteiger partial charge in [0.1, 0.15) is 0 Å². The third-order valence-corrected chi connectivity index (χ3v) is 5.62. The molecular formula is C18H29N3O4S. The van der Waals surface area contributed by atoms with Gasteiger partial charge in [-0.15, -0.1) is 0 Å². The van der Waals surface area contributed by atoms with Crippen molar-refractivity contribution in [3.8, 4) is 0 Å². The Bertz CT molecular complexity index is 687. The van der Waals surface area contributed by atoms with E-state index in [1.54, 1.807) is 6.07 Å². The Morgan fingerprint density at radius 3 is 2.62 bits per heavy atom. The highest BCUT2D eigenvalue weighted by atomic mass is 32.2. The molecule has 0 spiro atoms. The molecule has 1 aliphatic heterocycles. The smallest absolute Gasteiger partial charge is 0.232 e. The van der Waals surface area contributed by atoms with E-state index >= 15 is 0 Å². The summed E-state index contributed by atoms with van der Waals surface area (Å²) < 4.78 is 31.0. The largest absolute Gasteiger partial charge is 0.379 e. The molecule has 146 valence electrons. The number of nitrogens with zero attached hydrogens (tertiary/aromatic N) is 2. The van der Waals surface area contributed by atoms with Crippen molar-refractivity contribution in [2.45, 2.75) is 19.8 Å². The van der Waals surface area contributed by atoms with Crippen LogP contribution in [0.15, 0.2) is 24.3 Å². The number of carbonyl (C=O) groups is 1. The quantitative estimate of drug-likeness (QED) is 0.684. The number of hydrogen-bond acceptors (Lipinski definition) is 5. The summed E-state index contributed by atoms with van der Waals surface area (Å²) in [5, 5.41) is 2.87. The van der Waals surface area contributed by atoms with E-state index in [2.05, 4.69) is 10.2 Å². The van der Waals surface area contributed by atoms with Crippen LogP contribution in [0.3, 0.4) is 0 Å². The summed E-state index contributed by atoms with van der Waals surface area (Å²) in [7, 11) is -3.45. The lowest BCUT2D eigenvalue weighted by atomic mass is 10.1. The lowest BCUT2D eigenvalue weighted by Crippen LogP contribution is -2.42. The number of nitrogens with one attached hydrogen (secondary N) is 1. The molecule has 1 fully saturated rings. The van der Waals surface area contributed by atoms with Gasteiger partial charge in [-0.1, -0.05) is 25.1 Å². The van der Waals surface area contributed by atoms with Crippen molar-refractivity contribution in [3.63, 3.8) is 0 Å². The van der Waals surface area contributed by atoms with Gasteiger partial charge < -0.3 is 10.1 Å². The van der Waals surface area contributed by atoms with Gasteiger partial charge in [-0.25, -0.2) is 8.42 Å². The molecule has 0 atom stereocenters. The Morgan fingerprint density at radius 1 is 1.27 bits per heavy atom. The third-order valence-electron chi connectivity index (χ3n) is 4.44. The number of carbonyl (C=O) groups excluding carboxylic acids is 1. The van der Waals surface area contributed by atoms with Gasteiger partial charge in [0.05, 0.1) is 25.2 Å². The van der Waals surface area contributed by atoms with Crippen molar-refractivity contribution in [2.75, 3.05) is 56.5 Å². The number of sulfonamides is 1. The molecule has 2 rings (SSSR count).